The van der Waals surface area contributed by atoms with E-state index in [0.29, 0.717) is 5.95 Å². The zero-order valence-electron chi connectivity index (χ0n) is 11.4. The maximum atomic E-state index is 4.52. The first kappa shape index (κ1) is 13.0. The number of fused-ring (bicyclic) bond motifs is 1. The average Bonchev–Trinajstić information content (AvgIpc) is 2.38. The average molecular weight is 250 g/mol. The Hall–Kier alpha value is -1.40. The van der Waals surface area contributed by atoms with Gasteiger partial charge in [0.05, 0.1) is 5.69 Å². The summed E-state index contributed by atoms with van der Waals surface area (Å²) < 4.78 is 0. The van der Waals surface area contributed by atoms with E-state index in [2.05, 4.69) is 44.9 Å². The minimum Gasteiger partial charge on any atom is -0.368 e. The summed E-state index contributed by atoms with van der Waals surface area (Å²) >= 11 is 0. The molecule has 0 aromatic carbocycles. The number of nitrogens with one attached hydrogen (secondary N) is 3. The molecule has 2 heterocycles. The summed E-state index contributed by atoms with van der Waals surface area (Å²) in [5.41, 5.74) is 2.36. The lowest BCUT2D eigenvalue weighted by Crippen LogP contribution is -2.28. The van der Waals surface area contributed by atoms with Gasteiger partial charge < -0.3 is 20.9 Å². The standard InChI is InChI=1S/C12H22N6/c1-13-12-16-10-4-5-14-8-9(10)11(17-12)15-6-7-18(2)3/h14H,4-8H2,1-3H3,(H2,13,15,16,17). The fourth-order valence-corrected chi connectivity index (χ4v) is 2.00. The zero-order chi connectivity index (χ0) is 13.0. The van der Waals surface area contributed by atoms with Crippen molar-refractivity contribution >= 4 is 11.8 Å². The molecular weight excluding hydrogens is 228 g/mol. The van der Waals surface area contributed by atoms with Crippen LogP contribution in [0.1, 0.15) is 11.3 Å². The van der Waals surface area contributed by atoms with Crippen molar-refractivity contribution in [2.75, 3.05) is 51.4 Å². The number of hydrogen-bond donors (Lipinski definition) is 3. The van der Waals surface area contributed by atoms with E-state index in [1.807, 2.05) is 7.05 Å². The van der Waals surface area contributed by atoms with Gasteiger partial charge in [0, 0.05) is 45.2 Å². The largest absolute Gasteiger partial charge is 0.368 e. The highest BCUT2D eigenvalue weighted by Gasteiger charge is 2.16. The minimum atomic E-state index is 0.697. The number of nitrogens with zero attached hydrogens (tertiary/aromatic N) is 3. The van der Waals surface area contributed by atoms with Gasteiger partial charge in [-0.25, -0.2) is 4.98 Å². The summed E-state index contributed by atoms with van der Waals surface area (Å²) in [6.45, 7) is 3.72. The van der Waals surface area contributed by atoms with E-state index in [4.69, 9.17) is 0 Å². The van der Waals surface area contributed by atoms with E-state index in [0.717, 1.165) is 44.1 Å². The van der Waals surface area contributed by atoms with Crippen molar-refractivity contribution in [1.82, 2.24) is 20.2 Å². The lowest BCUT2D eigenvalue weighted by molar-refractivity contribution is 0.425. The van der Waals surface area contributed by atoms with Crippen LogP contribution in [0.5, 0.6) is 0 Å². The summed E-state index contributed by atoms with van der Waals surface area (Å²) in [5.74, 6) is 1.65. The van der Waals surface area contributed by atoms with Crippen molar-refractivity contribution < 1.29 is 0 Å². The van der Waals surface area contributed by atoms with Gasteiger partial charge in [-0.2, -0.15) is 4.98 Å². The van der Waals surface area contributed by atoms with Crippen molar-refractivity contribution in [3.05, 3.63) is 11.3 Å². The molecule has 1 aromatic rings. The Morgan fingerprint density at radius 2 is 2.17 bits per heavy atom. The molecule has 1 aliphatic rings. The molecule has 0 radical (unpaired) electrons. The molecule has 100 valence electrons. The number of hydrogen-bond acceptors (Lipinski definition) is 6. The maximum absolute atomic E-state index is 4.52. The van der Waals surface area contributed by atoms with Gasteiger partial charge in [-0.3, -0.25) is 0 Å². The fraction of sp³-hybridized carbons (Fsp3) is 0.667. The van der Waals surface area contributed by atoms with Gasteiger partial charge in [0.1, 0.15) is 5.82 Å². The van der Waals surface area contributed by atoms with E-state index in [1.54, 1.807) is 0 Å². The Morgan fingerprint density at radius 3 is 2.89 bits per heavy atom. The maximum Gasteiger partial charge on any atom is 0.224 e. The number of aromatic nitrogens is 2. The monoisotopic (exact) mass is 250 g/mol. The Balaban J connectivity index is 2.16. The molecule has 0 amide bonds. The Labute approximate surface area is 108 Å². The second kappa shape index (κ2) is 5.97. The van der Waals surface area contributed by atoms with Crippen molar-refractivity contribution in [3.63, 3.8) is 0 Å². The Kier molecular flexibility index (Phi) is 4.33. The molecule has 6 nitrogen and oxygen atoms in total. The van der Waals surface area contributed by atoms with Crippen LogP contribution in [0.2, 0.25) is 0 Å². The van der Waals surface area contributed by atoms with E-state index >= 15 is 0 Å². The molecule has 0 saturated carbocycles. The SMILES string of the molecule is CNc1nc2c(c(NCCN(C)C)n1)CNCC2. The molecule has 0 unspecified atom stereocenters. The van der Waals surface area contributed by atoms with Crippen LogP contribution in [-0.4, -0.2) is 55.6 Å². The third-order valence-corrected chi connectivity index (χ3v) is 3.01. The molecule has 2 rings (SSSR count). The highest BCUT2D eigenvalue weighted by atomic mass is 15.2. The number of anilines is 2. The molecule has 0 aliphatic carbocycles. The van der Waals surface area contributed by atoms with E-state index in [-0.39, 0.29) is 0 Å². The number of likely N-dealkylation sites (N-methyl/N-ethyl adjacent to an activating group) is 1. The topological polar surface area (TPSA) is 65.1 Å². The molecule has 0 spiro atoms. The fourth-order valence-electron chi connectivity index (χ4n) is 2.00. The predicted octanol–water partition coefficient (Wildman–Crippen LogP) is 0.138. The highest BCUT2D eigenvalue weighted by molar-refractivity contribution is 5.51. The first-order valence-electron chi connectivity index (χ1n) is 6.37. The summed E-state index contributed by atoms with van der Waals surface area (Å²) in [6.07, 6.45) is 0.967. The predicted molar refractivity (Wildman–Crippen MR) is 74.0 cm³/mol. The summed E-state index contributed by atoms with van der Waals surface area (Å²) in [7, 11) is 5.99. The quantitative estimate of drug-likeness (QED) is 0.691. The molecule has 0 atom stereocenters. The van der Waals surface area contributed by atoms with Crippen LogP contribution in [0, 0.1) is 0 Å². The van der Waals surface area contributed by atoms with Crippen LogP contribution in [0.15, 0.2) is 0 Å². The lowest BCUT2D eigenvalue weighted by Gasteiger charge is -2.21. The lowest BCUT2D eigenvalue weighted by atomic mass is 10.1. The van der Waals surface area contributed by atoms with Gasteiger partial charge in [-0.05, 0) is 14.1 Å². The van der Waals surface area contributed by atoms with Crippen molar-refractivity contribution in [2.24, 2.45) is 0 Å². The summed E-state index contributed by atoms with van der Waals surface area (Å²) in [5, 5.41) is 9.80. The zero-order valence-corrected chi connectivity index (χ0v) is 11.4. The van der Waals surface area contributed by atoms with Gasteiger partial charge >= 0.3 is 0 Å². The molecule has 18 heavy (non-hydrogen) atoms. The molecule has 0 fully saturated rings. The first-order valence-corrected chi connectivity index (χ1v) is 6.37. The smallest absolute Gasteiger partial charge is 0.224 e. The third kappa shape index (κ3) is 3.08. The summed E-state index contributed by atoms with van der Waals surface area (Å²) in [6, 6.07) is 0. The second-order valence-electron chi connectivity index (χ2n) is 4.73. The third-order valence-electron chi connectivity index (χ3n) is 3.01. The molecule has 1 aromatic heterocycles. The van der Waals surface area contributed by atoms with Gasteiger partial charge in [0.15, 0.2) is 0 Å². The van der Waals surface area contributed by atoms with E-state index in [1.165, 1.54) is 5.56 Å². The van der Waals surface area contributed by atoms with Gasteiger partial charge in [-0.1, -0.05) is 0 Å². The van der Waals surface area contributed by atoms with Gasteiger partial charge in [0.2, 0.25) is 5.95 Å². The molecule has 6 heteroatoms. The normalized spacial score (nSPS) is 14.4. The molecule has 1 aliphatic heterocycles. The molecule has 0 saturated heterocycles. The highest BCUT2D eigenvalue weighted by Crippen LogP contribution is 2.21. The first-order chi connectivity index (χ1) is 8.70. The minimum absolute atomic E-state index is 0.697. The second-order valence-corrected chi connectivity index (χ2v) is 4.73. The molecule has 3 N–H and O–H groups in total. The van der Waals surface area contributed by atoms with E-state index in [9.17, 15) is 0 Å². The van der Waals surface area contributed by atoms with Gasteiger partial charge in [0.25, 0.3) is 0 Å². The van der Waals surface area contributed by atoms with Crippen LogP contribution < -0.4 is 16.0 Å². The van der Waals surface area contributed by atoms with Crippen LogP contribution in [0.25, 0.3) is 0 Å². The van der Waals surface area contributed by atoms with Crippen molar-refractivity contribution in [1.29, 1.82) is 0 Å². The van der Waals surface area contributed by atoms with Crippen molar-refractivity contribution in [3.8, 4) is 0 Å². The molecule has 0 bridgehead atoms. The van der Waals surface area contributed by atoms with Crippen molar-refractivity contribution in [2.45, 2.75) is 13.0 Å². The van der Waals surface area contributed by atoms with E-state index < -0.39 is 0 Å². The Morgan fingerprint density at radius 1 is 1.33 bits per heavy atom. The molecular formula is C12H22N6. The van der Waals surface area contributed by atoms with Crippen LogP contribution in [0.3, 0.4) is 0 Å². The van der Waals surface area contributed by atoms with Crippen LogP contribution in [0.4, 0.5) is 11.8 Å². The Bertz CT molecular complexity index is 404. The summed E-state index contributed by atoms with van der Waals surface area (Å²) in [4.78, 5) is 11.2. The van der Waals surface area contributed by atoms with Gasteiger partial charge in [-0.15, -0.1) is 0 Å². The number of rotatable bonds is 5. The van der Waals surface area contributed by atoms with Crippen LogP contribution >= 0.6 is 0 Å². The van der Waals surface area contributed by atoms with Crippen LogP contribution in [-0.2, 0) is 13.0 Å².